The minimum absolute atomic E-state index is 0.0553. The van der Waals surface area contributed by atoms with Crippen LogP contribution in [0.1, 0.15) is 30.4 Å². The lowest BCUT2D eigenvalue weighted by Crippen LogP contribution is -2.32. The molecule has 1 aromatic rings. The van der Waals surface area contributed by atoms with Crippen LogP contribution < -0.4 is 10.2 Å². The fourth-order valence-corrected chi connectivity index (χ4v) is 2.11. The molecule has 1 heterocycles. The number of amides is 1. The van der Waals surface area contributed by atoms with E-state index in [1.807, 2.05) is 0 Å². The van der Waals surface area contributed by atoms with Gasteiger partial charge in [-0.15, -0.1) is 5.10 Å². The molecule has 118 valence electrons. The number of hydrogen-bond acceptors (Lipinski definition) is 4. The zero-order valence-electron chi connectivity index (χ0n) is 11.4. The highest BCUT2D eigenvalue weighted by atomic mass is 19.4. The van der Waals surface area contributed by atoms with Crippen LogP contribution in [0.2, 0.25) is 0 Å². The predicted octanol–water partition coefficient (Wildman–Crippen LogP) is 2.44. The van der Waals surface area contributed by atoms with Crippen LogP contribution in [0.25, 0.3) is 0 Å². The van der Waals surface area contributed by atoms with Crippen molar-refractivity contribution in [1.82, 2.24) is 5.43 Å². The number of carbonyl (C=O) groups is 1. The standard InChI is InChI=1S/C14H13F3N2O3/c15-14(16,17)10-6-8(13-19-18-12(20)7-21-13)4-5-11(10)22-9-2-1-3-9/h4-6,9H,1-3,7H2,(H,18,20). The molecule has 1 aliphatic carbocycles. The van der Waals surface area contributed by atoms with E-state index in [0.717, 1.165) is 25.3 Å². The van der Waals surface area contributed by atoms with E-state index in [1.54, 1.807) is 0 Å². The molecule has 0 saturated heterocycles. The van der Waals surface area contributed by atoms with Gasteiger partial charge in [0.05, 0.1) is 11.7 Å². The maximum atomic E-state index is 13.2. The minimum Gasteiger partial charge on any atom is -0.490 e. The first-order chi connectivity index (χ1) is 10.4. The second-order valence-corrected chi connectivity index (χ2v) is 5.12. The van der Waals surface area contributed by atoms with Crippen molar-refractivity contribution in [3.05, 3.63) is 29.3 Å². The van der Waals surface area contributed by atoms with Crippen molar-refractivity contribution >= 4 is 11.8 Å². The van der Waals surface area contributed by atoms with E-state index < -0.39 is 17.6 Å². The van der Waals surface area contributed by atoms with Crippen molar-refractivity contribution in [1.29, 1.82) is 0 Å². The van der Waals surface area contributed by atoms with Crippen LogP contribution in [0.15, 0.2) is 23.3 Å². The van der Waals surface area contributed by atoms with E-state index in [1.165, 1.54) is 12.1 Å². The number of benzene rings is 1. The summed E-state index contributed by atoms with van der Waals surface area (Å²) in [6.45, 7) is -0.277. The molecule has 1 N–H and O–H groups in total. The molecule has 0 radical (unpaired) electrons. The third-order valence-electron chi connectivity index (χ3n) is 3.50. The molecule has 8 heteroatoms. The summed E-state index contributed by atoms with van der Waals surface area (Å²) in [6.07, 6.45) is -2.21. The minimum atomic E-state index is -4.55. The van der Waals surface area contributed by atoms with Gasteiger partial charge in [-0.1, -0.05) is 0 Å². The van der Waals surface area contributed by atoms with E-state index in [2.05, 4.69) is 10.5 Å². The number of ether oxygens (including phenoxy) is 2. The first-order valence-electron chi connectivity index (χ1n) is 6.81. The number of alkyl halides is 3. The highest BCUT2D eigenvalue weighted by molar-refractivity contribution is 5.98. The van der Waals surface area contributed by atoms with Crippen LogP contribution in [0.4, 0.5) is 13.2 Å². The zero-order chi connectivity index (χ0) is 15.7. The molecule has 0 aromatic heterocycles. The number of nitrogens with zero attached hydrogens (tertiary/aromatic N) is 1. The molecule has 3 rings (SSSR count). The Kier molecular flexibility index (Phi) is 3.67. The summed E-state index contributed by atoms with van der Waals surface area (Å²) < 4.78 is 50.0. The van der Waals surface area contributed by atoms with Crippen LogP contribution in [0, 0.1) is 0 Å². The topological polar surface area (TPSA) is 59.9 Å². The number of hydrazone groups is 1. The quantitative estimate of drug-likeness (QED) is 0.932. The van der Waals surface area contributed by atoms with Gasteiger partial charge in [0.15, 0.2) is 6.61 Å². The SMILES string of the molecule is O=C1COC(c2ccc(OC3CCC3)c(C(F)(F)F)c2)=NN1. The first kappa shape index (κ1) is 14.7. The summed E-state index contributed by atoms with van der Waals surface area (Å²) in [4.78, 5) is 10.9. The maximum Gasteiger partial charge on any atom is 0.419 e. The summed E-state index contributed by atoms with van der Waals surface area (Å²) in [6, 6.07) is 3.61. The van der Waals surface area contributed by atoms with Gasteiger partial charge in [-0.3, -0.25) is 4.79 Å². The maximum absolute atomic E-state index is 13.2. The van der Waals surface area contributed by atoms with Crippen molar-refractivity contribution < 1.29 is 27.4 Å². The highest BCUT2D eigenvalue weighted by Crippen LogP contribution is 2.39. The molecular weight excluding hydrogens is 301 g/mol. The fourth-order valence-electron chi connectivity index (χ4n) is 2.11. The number of nitrogens with one attached hydrogen (secondary N) is 1. The first-order valence-corrected chi connectivity index (χ1v) is 6.81. The zero-order valence-corrected chi connectivity index (χ0v) is 11.4. The Morgan fingerprint density at radius 2 is 2.09 bits per heavy atom. The van der Waals surface area contributed by atoms with E-state index in [4.69, 9.17) is 9.47 Å². The van der Waals surface area contributed by atoms with Gasteiger partial charge in [0, 0.05) is 5.56 Å². The molecule has 1 amide bonds. The van der Waals surface area contributed by atoms with Gasteiger partial charge in [-0.25, -0.2) is 5.43 Å². The van der Waals surface area contributed by atoms with Crippen LogP contribution in [0.5, 0.6) is 5.75 Å². The molecule has 0 spiro atoms. The van der Waals surface area contributed by atoms with Gasteiger partial charge < -0.3 is 9.47 Å². The van der Waals surface area contributed by atoms with Crippen molar-refractivity contribution in [3.8, 4) is 5.75 Å². The Labute approximate surface area is 124 Å². The molecule has 5 nitrogen and oxygen atoms in total. The summed E-state index contributed by atoms with van der Waals surface area (Å²) in [5.41, 5.74) is 1.42. The second-order valence-electron chi connectivity index (χ2n) is 5.12. The Morgan fingerprint density at radius 1 is 1.32 bits per heavy atom. The van der Waals surface area contributed by atoms with Crippen molar-refractivity contribution in [2.24, 2.45) is 5.10 Å². The second kappa shape index (κ2) is 5.51. The average molecular weight is 314 g/mol. The molecule has 1 saturated carbocycles. The molecule has 0 bridgehead atoms. The van der Waals surface area contributed by atoms with E-state index in [0.29, 0.717) is 0 Å². The number of halogens is 3. The molecule has 0 unspecified atom stereocenters. The normalized spacial score (nSPS) is 18.9. The van der Waals surface area contributed by atoms with Gasteiger partial charge in [0.2, 0.25) is 5.90 Å². The summed E-state index contributed by atoms with van der Waals surface area (Å²) in [5, 5.41) is 3.61. The van der Waals surface area contributed by atoms with Gasteiger partial charge >= 0.3 is 6.18 Å². The lowest BCUT2D eigenvalue weighted by Gasteiger charge is -2.28. The predicted molar refractivity (Wildman–Crippen MR) is 70.3 cm³/mol. The third-order valence-corrected chi connectivity index (χ3v) is 3.50. The average Bonchev–Trinajstić information content (AvgIpc) is 2.43. The Hall–Kier alpha value is -2.25. The molecule has 1 fully saturated rings. The molecule has 2 aliphatic rings. The van der Waals surface area contributed by atoms with Gasteiger partial charge in [-0.05, 0) is 37.5 Å². The van der Waals surface area contributed by atoms with Gasteiger partial charge in [0.25, 0.3) is 5.91 Å². The number of hydrogen-bond donors (Lipinski definition) is 1. The van der Waals surface area contributed by atoms with E-state index in [-0.39, 0.29) is 29.9 Å². The smallest absolute Gasteiger partial charge is 0.419 e. The van der Waals surface area contributed by atoms with Gasteiger partial charge in [-0.2, -0.15) is 13.2 Å². The largest absolute Gasteiger partial charge is 0.490 e. The monoisotopic (exact) mass is 314 g/mol. The van der Waals surface area contributed by atoms with Crippen LogP contribution in [-0.2, 0) is 15.7 Å². The van der Waals surface area contributed by atoms with Gasteiger partial charge in [0.1, 0.15) is 5.75 Å². The lowest BCUT2D eigenvalue weighted by atomic mass is 9.96. The summed E-state index contributed by atoms with van der Waals surface area (Å²) >= 11 is 0. The third kappa shape index (κ3) is 3.00. The Bertz CT molecular complexity index is 624. The molecule has 0 atom stereocenters. The number of carbonyl (C=O) groups excluding carboxylic acids is 1. The van der Waals surface area contributed by atoms with Crippen molar-refractivity contribution in [2.45, 2.75) is 31.5 Å². The highest BCUT2D eigenvalue weighted by Gasteiger charge is 2.36. The Morgan fingerprint density at radius 3 is 2.64 bits per heavy atom. The summed E-state index contributed by atoms with van der Waals surface area (Å²) in [7, 11) is 0. The fraction of sp³-hybridized carbons (Fsp3) is 0.429. The Balaban J connectivity index is 1.91. The summed E-state index contributed by atoms with van der Waals surface area (Å²) in [5.74, 6) is -0.702. The molecule has 22 heavy (non-hydrogen) atoms. The molecule has 1 aliphatic heterocycles. The van der Waals surface area contributed by atoms with Crippen LogP contribution >= 0.6 is 0 Å². The van der Waals surface area contributed by atoms with Crippen LogP contribution in [-0.4, -0.2) is 24.5 Å². The molecular formula is C14H13F3N2O3. The number of rotatable bonds is 3. The van der Waals surface area contributed by atoms with Crippen LogP contribution in [0.3, 0.4) is 0 Å². The van der Waals surface area contributed by atoms with Crippen molar-refractivity contribution in [2.75, 3.05) is 6.61 Å². The van der Waals surface area contributed by atoms with E-state index >= 15 is 0 Å². The molecule has 1 aromatic carbocycles. The van der Waals surface area contributed by atoms with Crippen molar-refractivity contribution in [3.63, 3.8) is 0 Å². The van der Waals surface area contributed by atoms with E-state index in [9.17, 15) is 18.0 Å². The lowest BCUT2D eigenvalue weighted by molar-refractivity contribution is -0.139.